The first kappa shape index (κ1) is 12.4. The van der Waals surface area contributed by atoms with E-state index in [4.69, 9.17) is 0 Å². The first-order valence-corrected chi connectivity index (χ1v) is 6.26. The van der Waals surface area contributed by atoms with E-state index >= 15 is 0 Å². The zero-order valence-electron chi connectivity index (χ0n) is 8.63. The smallest absolute Gasteiger partial charge is 0.186 e. The van der Waals surface area contributed by atoms with Gasteiger partial charge in [-0.05, 0) is 24.6 Å². The Labute approximate surface area is 103 Å². The number of halogens is 1. The summed E-state index contributed by atoms with van der Waals surface area (Å²) in [6.45, 7) is 3.59. The number of aryl methyl sites for hydroxylation is 1. The summed E-state index contributed by atoms with van der Waals surface area (Å²) in [7, 11) is 0. The van der Waals surface area contributed by atoms with Crippen LogP contribution in [0.15, 0.2) is 22.7 Å². The maximum atomic E-state index is 10.6. The zero-order chi connectivity index (χ0) is 11.3. The third-order valence-corrected chi connectivity index (χ3v) is 3.30. The maximum absolute atomic E-state index is 10.6. The van der Waals surface area contributed by atoms with E-state index in [1.54, 1.807) is 6.92 Å². The number of carbonyl (C=O) groups excluding carboxylic acids is 1. The first-order valence-electron chi connectivity index (χ1n) is 4.48. The average molecular weight is 283 g/mol. The van der Waals surface area contributed by atoms with Crippen molar-refractivity contribution in [1.82, 2.24) is 0 Å². The Morgan fingerprint density at radius 1 is 1.53 bits per heavy atom. The van der Waals surface area contributed by atoms with Crippen molar-refractivity contribution >= 4 is 32.8 Å². The van der Waals surface area contributed by atoms with E-state index in [1.165, 1.54) is 17.3 Å². The molecule has 0 aromatic heterocycles. The summed E-state index contributed by atoms with van der Waals surface area (Å²) in [6.07, 6.45) is 0. The van der Waals surface area contributed by atoms with Gasteiger partial charge in [-0.15, -0.1) is 0 Å². The highest BCUT2D eigenvalue weighted by atomic mass is 79.9. The molecular weight excluding hydrogens is 272 g/mol. The maximum Gasteiger partial charge on any atom is 0.186 e. The van der Waals surface area contributed by atoms with Crippen LogP contribution in [-0.2, 0) is 4.79 Å². The van der Waals surface area contributed by atoms with Crippen LogP contribution >= 0.6 is 27.7 Å². The molecule has 0 aliphatic carbocycles. The van der Waals surface area contributed by atoms with Gasteiger partial charge in [0, 0.05) is 17.0 Å². The SMILES string of the molecule is CC(=O)SCC#Cc1ccc(C)c(Br)c1. The largest absolute Gasteiger partial charge is 0.288 e. The molecule has 0 unspecified atom stereocenters. The third-order valence-electron chi connectivity index (χ3n) is 1.75. The Morgan fingerprint density at radius 2 is 2.27 bits per heavy atom. The zero-order valence-corrected chi connectivity index (χ0v) is 11.0. The van der Waals surface area contributed by atoms with Gasteiger partial charge in [-0.25, -0.2) is 0 Å². The molecule has 0 atom stereocenters. The second kappa shape index (κ2) is 5.99. The van der Waals surface area contributed by atoms with Crippen molar-refractivity contribution in [3.8, 4) is 11.8 Å². The molecule has 78 valence electrons. The fourth-order valence-electron chi connectivity index (χ4n) is 0.946. The Kier molecular flexibility index (Phi) is 4.93. The summed E-state index contributed by atoms with van der Waals surface area (Å²) in [5.41, 5.74) is 2.16. The number of carbonyl (C=O) groups is 1. The highest BCUT2D eigenvalue weighted by Gasteiger charge is 1.94. The van der Waals surface area contributed by atoms with Crippen molar-refractivity contribution in [3.05, 3.63) is 33.8 Å². The van der Waals surface area contributed by atoms with Crippen molar-refractivity contribution in [1.29, 1.82) is 0 Å². The molecule has 1 aromatic carbocycles. The second-order valence-corrected chi connectivity index (χ2v) is 5.05. The minimum absolute atomic E-state index is 0.106. The molecule has 15 heavy (non-hydrogen) atoms. The van der Waals surface area contributed by atoms with E-state index < -0.39 is 0 Å². The standard InChI is InChI=1S/C12H11BrOS/c1-9-5-6-11(8-12(9)13)4-3-7-15-10(2)14/h5-6,8H,7H2,1-2H3. The van der Waals surface area contributed by atoms with E-state index in [-0.39, 0.29) is 5.12 Å². The van der Waals surface area contributed by atoms with Crippen LogP contribution in [0.25, 0.3) is 0 Å². The number of rotatable bonds is 1. The van der Waals surface area contributed by atoms with Crippen molar-refractivity contribution in [2.75, 3.05) is 5.75 Å². The molecular formula is C12H11BrOS. The lowest BCUT2D eigenvalue weighted by Gasteiger charge is -1.96. The molecule has 0 aliphatic heterocycles. The molecule has 0 radical (unpaired) electrons. The van der Waals surface area contributed by atoms with Gasteiger partial charge in [0.1, 0.15) is 0 Å². The van der Waals surface area contributed by atoms with Crippen LogP contribution in [0.4, 0.5) is 0 Å². The molecule has 1 nitrogen and oxygen atoms in total. The molecule has 0 fully saturated rings. The number of hydrogen-bond donors (Lipinski definition) is 0. The normalized spacial score (nSPS) is 9.27. The van der Waals surface area contributed by atoms with Gasteiger partial charge >= 0.3 is 0 Å². The minimum Gasteiger partial charge on any atom is -0.288 e. The highest BCUT2D eigenvalue weighted by molar-refractivity contribution is 9.10. The van der Waals surface area contributed by atoms with Crippen molar-refractivity contribution in [2.24, 2.45) is 0 Å². The molecule has 0 saturated carbocycles. The number of benzene rings is 1. The van der Waals surface area contributed by atoms with Gasteiger partial charge in [0.05, 0.1) is 5.75 Å². The highest BCUT2D eigenvalue weighted by Crippen LogP contribution is 2.16. The van der Waals surface area contributed by atoms with Crippen LogP contribution in [0, 0.1) is 18.8 Å². The lowest BCUT2D eigenvalue weighted by molar-refractivity contribution is -0.109. The Hall–Kier alpha value is -0.720. The van der Waals surface area contributed by atoms with Crippen molar-refractivity contribution < 1.29 is 4.79 Å². The molecule has 0 saturated heterocycles. The summed E-state index contributed by atoms with van der Waals surface area (Å²) >= 11 is 4.68. The van der Waals surface area contributed by atoms with Crippen LogP contribution in [0.3, 0.4) is 0 Å². The summed E-state index contributed by atoms with van der Waals surface area (Å²) in [5.74, 6) is 6.52. The van der Waals surface area contributed by atoms with E-state index in [0.29, 0.717) is 5.75 Å². The first-order chi connectivity index (χ1) is 7.09. The predicted molar refractivity (Wildman–Crippen MR) is 68.9 cm³/mol. The second-order valence-electron chi connectivity index (χ2n) is 3.05. The van der Waals surface area contributed by atoms with Gasteiger partial charge in [-0.2, -0.15) is 0 Å². The van der Waals surface area contributed by atoms with Gasteiger partial charge in [-0.1, -0.05) is 45.6 Å². The summed E-state index contributed by atoms with van der Waals surface area (Å²) in [5, 5.41) is 0.106. The van der Waals surface area contributed by atoms with Crippen molar-refractivity contribution in [2.45, 2.75) is 13.8 Å². The molecule has 0 bridgehead atoms. The fourth-order valence-corrected chi connectivity index (χ4v) is 1.67. The fraction of sp³-hybridized carbons (Fsp3) is 0.250. The lowest BCUT2D eigenvalue weighted by Crippen LogP contribution is -1.83. The quantitative estimate of drug-likeness (QED) is 0.735. The molecule has 0 heterocycles. The van der Waals surface area contributed by atoms with Crippen LogP contribution in [0.5, 0.6) is 0 Å². The van der Waals surface area contributed by atoms with Crippen molar-refractivity contribution in [3.63, 3.8) is 0 Å². The van der Waals surface area contributed by atoms with Gasteiger partial charge in [0.15, 0.2) is 5.12 Å². The summed E-state index contributed by atoms with van der Waals surface area (Å²) in [4.78, 5) is 10.6. The van der Waals surface area contributed by atoms with Gasteiger partial charge in [0.2, 0.25) is 0 Å². The van der Waals surface area contributed by atoms with E-state index in [0.717, 1.165) is 10.0 Å². The Morgan fingerprint density at radius 3 is 2.87 bits per heavy atom. The summed E-state index contributed by atoms with van der Waals surface area (Å²) < 4.78 is 1.06. The van der Waals surface area contributed by atoms with Gasteiger partial charge < -0.3 is 0 Å². The van der Waals surface area contributed by atoms with Crippen LogP contribution in [0.2, 0.25) is 0 Å². The predicted octanol–water partition coefficient (Wildman–Crippen LogP) is 3.39. The van der Waals surface area contributed by atoms with Gasteiger partial charge in [-0.3, -0.25) is 4.79 Å². The van der Waals surface area contributed by atoms with Crippen LogP contribution in [-0.4, -0.2) is 10.9 Å². The molecule has 0 amide bonds. The Bertz CT molecular complexity index is 429. The lowest BCUT2D eigenvalue weighted by atomic mass is 10.2. The third kappa shape index (κ3) is 4.55. The topological polar surface area (TPSA) is 17.1 Å². The monoisotopic (exact) mass is 282 g/mol. The molecule has 1 aromatic rings. The minimum atomic E-state index is 0.106. The average Bonchev–Trinajstić information content (AvgIpc) is 2.18. The van der Waals surface area contributed by atoms with Crippen LogP contribution in [0.1, 0.15) is 18.1 Å². The Balaban J connectivity index is 2.64. The number of thioether (sulfide) groups is 1. The molecule has 0 aliphatic rings. The molecule has 0 N–H and O–H groups in total. The summed E-state index contributed by atoms with van der Waals surface area (Å²) in [6, 6.07) is 5.98. The van der Waals surface area contributed by atoms with E-state index in [2.05, 4.69) is 27.8 Å². The molecule has 1 rings (SSSR count). The van der Waals surface area contributed by atoms with E-state index in [9.17, 15) is 4.79 Å². The molecule has 3 heteroatoms. The van der Waals surface area contributed by atoms with E-state index in [1.807, 2.05) is 25.1 Å². The van der Waals surface area contributed by atoms with Gasteiger partial charge in [0.25, 0.3) is 0 Å². The van der Waals surface area contributed by atoms with Crippen LogP contribution < -0.4 is 0 Å². The number of hydrogen-bond acceptors (Lipinski definition) is 2. The molecule has 0 spiro atoms.